The Bertz CT molecular complexity index is 546. The molecule has 1 amide bonds. The lowest BCUT2D eigenvalue weighted by molar-refractivity contribution is 0.100. The highest BCUT2D eigenvalue weighted by molar-refractivity contribution is 5.92. The van der Waals surface area contributed by atoms with Gasteiger partial charge in [-0.3, -0.25) is 9.78 Å². The van der Waals surface area contributed by atoms with Gasteiger partial charge in [0.05, 0.1) is 29.3 Å². The highest BCUT2D eigenvalue weighted by Crippen LogP contribution is 2.13. The van der Waals surface area contributed by atoms with E-state index in [2.05, 4.69) is 10.1 Å². The highest BCUT2D eigenvalue weighted by atomic mass is 16.1. The molecule has 0 saturated heterocycles. The summed E-state index contributed by atoms with van der Waals surface area (Å²) in [5.74, 6) is -0.501. The first-order valence-electron chi connectivity index (χ1n) is 5.68. The van der Waals surface area contributed by atoms with Crippen LogP contribution < -0.4 is 11.5 Å². The summed E-state index contributed by atoms with van der Waals surface area (Å²) in [5.41, 5.74) is 13.0. The van der Waals surface area contributed by atoms with Crippen molar-refractivity contribution in [1.82, 2.24) is 14.8 Å². The molecule has 0 fully saturated rings. The average molecular weight is 245 g/mol. The summed E-state index contributed by atoms with van der Waals surface area (Å²) in [6, 6.07) is 3.66. The molecule has 4 N–H and O–H groups in total. The molecule has 94 valence electrons. The van der Waals surface area contributed by atoms with Crippen LogP contribution in [0.4, 0.5) is 0 Å². The van der Waals surface area contributed by atoms with E-state index in [0.29, 0.717) is 5.56 Å². The van der Waals surface area contributed by atoms with Crippen molar-refractivity contribution < 1.29 is 4.79 Å². The molecule has 2 heterocycles. The summed E-state index contributed by atoms with van der Waals surface area (Å²) < 4.78 is 1.55. The lowest BCUT2D eigenvalue weighted by Gasteiger charge is -2.08. The number of primary amides is 1. The van der Waals surface area contributed by atoms with E-state index in [-0.39, 0.29) is 6.04 Å². The fourth-order valence-corrected chi connectivity index (χ4v) is 1.55. The van der Waals surface area contributed by atoms with Crippen LogP contribution in [0.5, 0.6) is 0 Å². The molecule has 6 heteroatoms. The number of nitrogens with two attached hydrogens (primary N) is 2. The van der Waals surface area contributed by atoms with E-state index in [0.717, 1.165) is 17.8 Å². The van der Waals surface area contributed by atoms with Gasteiger partial charge >= 0.3 is 0 Å². The van der Waals surface area contributed by atoms with Gasteiger partial charge in [-0.1, -0.05) is 6.92 Å². The second-order valence-corrected chi connectivity index (χ2v) is 3.99. The summed E-state index contributed by atoms with van der Waals surface area (Å²) in [5, 5.41) is 4.05. The van der Waals surface area contributed by atoms with Crippen molar-refractivity contribution in [2.75, 3.05) is 0 Å². The summed E-state index contributed by atoms with van der Waals surface area (Å²) >= 11 is 0. The zero-order chi connectivity index (χ0) is 13.1. The van der Waals surface area contributed by atoms with Gasteiger partial charge < -0.3 is 11.5 Å². The molecular formula is C12H15N5O. The Morgan fingerprint density at radius 2 is 2.22 bits per heavy atom. The largest absolute Gasteiger partial charge is 0.366 e. The Kier molecular flexibility index (Phi) is 3.38. The molecule has 0 unspecified atom stereocenters. The van der Waals surface area contributed by atoms with Crippen molar-refractivity contribution in [3.63, 3.8) is 0 Å². The van der Waals surface area contributed by atoms with Gasteiger partial charge in [0.25, 0.3) is 5.91 Å². The molecule has 6 nitrogen and oxygen atoms in total. The molecule has 2 aromatic heterocycles. The van der Waals surface area contributed by atoms with Crippen LogP contribution in [0.3, 0.4) is 0 Å². The third-order valence-corrected chi connectivity index (χ3v) is 2.72. The zero-order valence-corrected chi connectivity index (χ0v) is 10.1. The quantitative estimate of drug-likeness (QED) is 0.831. The summed E-state index contributed by atoms with van der Waals surface area (Å²) in [4.78, 5) is 15.2. The van der Waals surface area contributed by atoms with Crippen molar-refractivity contribution in [3.8, 4) is 5.69 Å². The van der Waals surface area contributed by atoms with Crippen LogP contribution in [0.15, 0.2) is 30.7 Å². The molecule has 0 spiro atoms. The topological polar surface area (TPSA) is 99.8 Å². The first-order valence-corrected chi connectivity index (χ1v) is 5.68. The van der Waals surface area contributed by atoms with Gasteiger partial charge in [0.1, 0.15) is 0 Å². The number of carbonyl (C=O) groups is 1. The zero-order valence-electron chi connectivity index (χ0n) is 10.1. The van der Waals surface area contributed by atoms with E-state index in [4.69, 9.17) is 11.5 Å². The Balaban J connectivity index is 2.25. The average Bonchev–Trinajstić information content (AvgIpc) is 2.88. The van der Waals surface area contributed by atoms with Crippen LogP contribution in [-0.2, 0) is 0 Å². The molecule has 0 aromatic carbocycles. The van der Waals surface area contributed by atoms with Crippen molar-refractivity contribution >= 4 is 5.91 Å². The number of pyridine rings is 1. The maximum Gasteiger partial charge on any atom is 0.251 e. The second-order valence-electron chi connectivity index (χ2n) is 3.99. The highest BCUT2D eigenvalue weighted by Gasteiger charge is 2.07. The molecule has 1 atom stereocenters. The molecule has 0 radical (unpaired) electrons. The Hall–Kier alpha value is -2.21. The van der Waals surface area contributed by atoms with Crippen molar-refractivity contribution in [3.05, 3.63) is 42.0 Å². The van der Waals surface area contributed by atoms with Crippen LogP contribution in [-0.4, -0.2) is 20.7 Å². The van der Waals surface area contributed by atoms with Gasteiger partial charge in [0, 0.05) is 12.2 Å². The van der Waals surface area contributed by atoms with Crippen LogP contribution in [0.25, 0.3) is 5.69 Å². The van der Waals surface area contributed by atoms with E-state index < -0.39 is 5.91 Å². The van der Waals surface area contributed by atoms with E-state index in [1.54, 1.807) is 17.1 Å². The SMILES string of the molecule is CC[C@@H](N)c1ccc(-n2cc(C(N)=O)cn2)cn1. The van der Waals surface area contributed by atoms with Crippen LogP contribution in [0.2, 0.25) is 0 Å². The molecule has 18 heavy (non-hydrogen) atoms. The van der Waals surface area contributed by atoms with Gasteiger partial charge in [0.2, 0.25) is 0 Å². The van der Waals surface area contributed by atoms with E-state index in [9.17, 15) is 4.79 Å². The Morgan fingerprint density at radius 3 is 2.72 bits per heavy atom. The third kappa shape index (κ3) is 2.38. The monoisotopic (exact) mass is 245 g/mol. The first kappa shape index (κ1) is 12.3. The van der Waals surface area contributed by atoms with Crippen molar-refractivity contribution in [1.29, 1.82) is 0 Å². The number of rotatable bonds is 4. The first-order chi connectivity index (χ1) is 8.61. The van der Waals surface area contributed by atoms with Crippen LogP contribution in [0.1, 0.15) is 35.4 Å². The molecule has 2 rings (SSSR count). The predicted octanol–water partition coefficient (Wildman–Crippen LogP) is 0.776. The van der Waals surface area contributed by atoms with E-state index in [1.165, 1.54) is 6.20 Å². The number of hydrogen-bond donors (Lipinski definition) is 2. The maximum absolute atomic E-state index is 11.0. The molecule has 0 bridgehead atoms. The van der Waals surface area contributed by atoms with Gasteiger partial charge in [-0.15, -0.1) is 0 Å². The molecule has 0 aliphatic rings. The molecular weight excluding hydrogens is 230 g/mol. The number of hydrogen-bond acceptors (Lipinski definition) is 4. The van der Waals surface area contributed by atoms with Gasteiger partial charge in [0.15, 0.2) is 0 Å². The second kappa shape index (κ2) is 4.97. The van der Waals surface area contributed by atoms with Gasteiger partial charge in [-0.2, -0.15) is 5.10 Å². The number of nitrogens with zero attached hydrogens (tertiary/aromatic N) is 3. The molecule has 0 aliphatic carbocycles. The lowest BCUT2D eigenvalue weighted by atomic mass is 10.1. The summed E-state index contributed by atoms with van der Waals surface area (Å²) in [6.45, 7) is 2.01. The fourth-order valence-electron chi connectivity index (χ4n) is 1.55. The van der Waals surface area contributed by atoms with Gasteiger partial charge in [-0.05, 0) is 18.6 Å². The number of aromatic nitrogens is 3. The molecule has 0 saturated carbocycles. The number of carbonyl (C=O) groups excluding carboxylic acids is 1. The van der Waals surface area contributed by atoms with Crippen molar-refractivity contribution in [2.24, 2.45) is 11.5 Å². The standard InChI is InChI=1S/C12H15N5O/c1-2-10(13)11-4-3-9(6-15-11)17-7-8(5-16-17)12(14)18/h3-7,10H,2,13H2,1H3,(H2,14,18)/t10-/m1/s1. The summed E-state index contributed by atoms with van der Waals surface area (Å²) in [6.07, 6.45) is 5.50. The number of amides is 1. The minimum Gasteiger partial charge on any atom is -0.366 e. The van der Waals surface area contributed by atoms with E-state index >= 15 is 0 Å². The van der Waals surface area contributed by atoms with Crippen LogP contribution >= 0.6 is 0 Å². The normalized spacial score (nSPS) is 12.3. The third-order valence-electron chi connectivity index (χ3n) is 2.72. The molecule has 0 aliphatic heterocycles. The minimum atomic E-state index is -0.501. The predicted molar refractivity (Wildman–Crippen MR) is 67.1 cm³/mol. The Morgan fingerprint density at radius 1 is 1.44 bits per heavy atom. The fraction of sp³-hybridized carbons (Fsp3) is 0.250. The smallest absolute Gasteiger partial charge is 0.251 e. The van der Waals surface area contributed by atoms with E-state index in [1.807, 2.05) is 19.1 Å². The lowest BCUT2D eigenvalue weighted by Crippen LogP contribution is -2.11. The Labute approximate surface area is 105 Å². The van der Waals surface area contributed by atoms with Gasteiger partial charge in [-0.25, -0.2) is 4.68 Å². The van der Waals surface area contributed by atoms with Crippen LogP contribution in [0, 0.1) is 0 Å². The molecule has 2 aromatic rings. The van der Waals surface area contributed by atoms with Crippen molar-refractivity contribution in [2.45, 2.75) is 19.4 Å². The summed E-state index contributed by atoms with van der Waals surface area (Å²) in [7, 11) is 0. The maximum atomic E-state index is 11.0. The minimum absolute atomic E-state index is 0.0575.